The fourth-order valence-electron chi connectivity index (χ4n) is 5.59. The highest BCUT2D eigenvalue weighted by Gasteiger charge is 2.36. The average molecular weight is 596 g/mol. The van der Waals surface area contributed by atoms with E-state index in [4.69, 9.17) is 23.9 Å². The SMILES string of the molecule is CCOC(=O)C1=C(c2ccccc2)N=c2s/c(=C/c3ccc(N4CCOCC4)cc3)c(=O)n2[C@H]1c1ccc2c(c1)OCO2. The van der Waals surface area contributed by atoms with Crippen LogP contribution in [0, 0.1) is 0 Å². The van der Waals surface area contributed by atoms with Gasteiger partial charge in [-0.2, -0.15) is 0 Å². The van der Waals surface area contributed by atoms with Gasteiger partial charge in [0, 0.05) is 24.3 Å². The van der Waals surface area contributed by atoms with E-state index < -0.39 is 12.0 Å². The quantitative estimate of drug-likeness (QED) is 0.315. The summed E-state index contributed by atoms with van der Waals surface area (Å²) in [5.41, 5.74) is 4.00. The van der Waals surface area contributed by atoms with Crippen molar-refractivity contribution < 1.29 is 23.7 Å². The molecule has 1 atom stereocenters. The Labute approximate surface area is 251 Å². The van der Waals surface area contributed by atoms with Gasteiger partial charge in [0.2, 0.25) is 6.79 Å². The number of hydrogen-bond donors (Lipinski definition) is 0. The van der Waals surface area contributed by atoms with E-state index in [9.17, 15) is 9.59 Å². The molecule has 7 rings (SSSR count). The van der Waals surface area contributed by atoms with E-state index in [2.05, 4.69) is 17.0 Å². The number of aromatic nitrogens is 1. The molecule has 1 aromatic heterocycles. The Bertz CT molecular complexity index is 1890. The van der Waals surface area contributed by atoms with Crippen molar-refractivity contribution in [3.05, 3.63) is 115 Å². The summed E-state index contributed by atoms with van der Waals surface area (Å²) in [6.45, 7) is 5.19. The monoisotopic (exact) mass is 595 g/mol. The first-order chi connectivity index (χ1) is 21.1. The largest absolute Gasteiger partial charge is 0.463 e. The lowest BCUT2D eigenvalue weighted by molar-refractivity contribution is -0.138. The number of nitrogens with zero attached hydrogens (tertiary/aromatic N) is 3. The van der Waals surface area contributed by atoms with Gasteiger partial charge < -0.3 is 23.8 Å². The van der Waals surface area contributed by atoms with Gasteiger partial charge in [-0.1, -0.05) is 59.9 Å². The molecule has 1 fully saturated rings. The van der Waals surface area contributed by atoms with E-state index >= 15 is 0 Å². The summed E-state index contributed by atoms with van der Waals surface area (Å²) in [6, 6.07) is 22.3. The van der Waals surface area contributed by atoms with Crippen LogP contribution in [0.1, 0.15) is 29.7 Å². The predicted octanol–water partition coefficient (Wildman–Crippen LogP) is 3.50. The van der Waals surface area contributed by atoms with Crippen molar-refractivity contribution >= 4 is 34.8 Å². The van der Waals surface area contributed by atoms with E-state index in [1.54, 1.807) is 17.6 Å². The lowest BCUT2D eigenvalue weighted by Crippen LogP contribution is -2.40. The minimum Gasteiger partial charge on any atom is -0.463 e. The van der Waals surface area contributed by atoms with Crippen molar-refractivity contribution in [1.82, 2.24) is 4.57 Å². The van der Waals surface area contributed by atoms with Crippen LogP contribution in [-0.2, 0) is 14.3 Å². The highest BCUT2D eigenvalue weighted by molar-refractivity contribution is 7.07. The number of carbonyl (C=O) groups excluding carboxylic acids is 1. The Morgan fingerprint density at radius 2 is 1.79 bits per heavy atom. The van der Waals surface area contributed by atoms with Crippen LogP contribution in [0.2, 0.25) is 0 Å². The molecule has 3 aromatic carbocycles. The second-order valence-corrected chi connectivity index (χ2v) is 11.2. The zero-order valence-corrected chi connectivity index (χ0v) is 24.3. The minimum absolute atomic E-state index is 0.113. The molecule has 0 spiro atoms. The van der Waals surface area contributed by atoms with Crippen molar-refractivity contribution in [2.75, 3.05) is 44.6 Å². The Balaban J connectivity index is 1.39. The molecule has 3 aliphatic rings. The van der Waals surface area contributed by atoms with E-state index in [1.165, 1.54) is 11.3 Å². The van der Waals surface area contributed by atoms with Crippen LogP contribution in [0.3, 0.4) is 0 Å². The molecule has 0 amide bonds. The number of ether oxygens (including phenoxy) is 4. The van der Waals surface area contributed by atoms with Crippen molar-refractivity contribution in [1.29, 1.82) is 0 Å². The number of thiazole rings is 1. The predicted molar refractivity (Wildman–Crippen MR) is 163 cm³/mol. The summed E-state index contributed by atoms with van der Waals surface area (Å²) < 4.78 is 24.3. The van der Waals surface area contributed by atoms with Crippen LogP contribution in [0.5, 0.6) is 11.5 Å². The third kappa shape index (κ3) is 5.13. The molecule has 10 heteroatoms. The molecule has 0 N–H and O–H groups in total. The summed E-state index contributed by atoms with van der Waals surface area (Å²) >= 11 is 1.30. The highest BCUT2D eigenvalue weighted by Crippen LogP contribution is 2.40. The van der Waals surface area contributed by atoms with Crippen LogP contribution >= 0.6 is 11.3 Å². The van der Waals surface area contributed by atoms with E-state index in [0.717, 1.165) is 29.9 Å². The average Bonchev–Trinajstić information content (AvgIpc) is 3.65. The van der Waals surface area contributed by atoms with Crippen molar-refractivity contribution in [2.45, 2.75) is 13.0 Å². The molecule has 218 valence electrons. The second kappa shape index (κ2) is 11.5. The molecule has 9 nitrogen and oxygen atoms in total. The van der Waals surface area contributed by atoms with Gasteiger partial charge in [0.15, 0.2) is 16.3 Å². The Morgan fingerprint density at radius 3 is 2.56 bits per heavy atom. The number of benzene rings is 3. The van der Waals surface area contributed by atoms with Crippen LogP contribution in [0.25, 0.3) is 11.8 Å². The fourth-order valence-corrected chi connectivity index (χ4v) is 6.59. The summed E-state index contributed by atoms with van der Waals surface area (Å²) in [4.78, 5) is 35.5. The molecule has 4 aromatic rings. The molecular formula is C33H29N3O6S. The Kier molecular flexibility index (Phi) is 7.30. The standard InChI is InChI=1S/C33H29N3O6S/c1-2-40-32(38)28-29(22-6-4-3-5-7-22)34-33-36(30(28)23-10-13-25-26(19-23)42-20-41-25)31(37)27(43-33)18-21-8-11-24(12-9-21)35-14-16-39-17-15-35/h3-13,18-19,30H,2,14-17,20H2,1H3/b27-18+/t30-/m0/s1. The molecule has 4 heterocycles. The lowest BCUT2D eigenvalue weighted by Gasteiger charge is -2.28. The van der Waals surface area contributed by atoms with Crippen LogP contribution in [0.15, 0.2) is 88.2 Å². The molecule has 0 bridgehead atoms. The van der Waals surface area contributed by atoms with E-state index in [-0.39, 0.29) is 19.0 Å². The van der Waals surface area contributed by atoms with Crippen molar-refractivity contribution in [3.8, 4) is 11.5 Å². The van der Waals surface area contributed by atoms with Crippen LogP contribution < -0.4 is 29.3 Å². The minimum atomic E-state index is -0.786. The van der Waals surface area contributed by atoms with Gasteiger partial charge in [-0.05, 0) is 48.4 Å². The molecule has 0 aliphatic carbocycles. The fraction of sp³-hybridized carbons (Fsp3) is 0.242. The third-order valence-electron chi connectivity index (χ3n) is 7.65. The van der Waals surface area contributed by atoms with E-state index in [0.29, 0.717) is 50.9 Å². The molecule has 43 heavy (non-hydrogen) atoms. The molecule has 3 aliphatic heterocycles. The first-order valence-electron chi connectivity index (χ1n) is 14.2. The summed E-state index contributed by atoms with van der Waals surface area (Å²) in [5.74, 6) is 0.642. The Hall–Kier alpha value is -4.67. The number of hydrogen-bond acceptors (Lipinski definition) is 9. The van der Waals surface area contributed by atoms with Gasteiger partial charge in [-0.15, -0.1) is 0 Å². The zero-order chi connectivity index (χ0) is 29.3. The van der Waals surface area contributed by atoms with Crippen molar-refractivity contribution in [3.63, 3.8) is 0 Å². The van der Waals surface area contributed by atoms with Gasteiger partial charge in [0.05, 0.1) is 41.7 Å². The number of morpholine rings is 1. The molecule has 0 radical (unpaired) electrons. The number of rotatable bonds is 6. The number of esters is 1. The van der Waals surface area contributed by atoms with Gasteiger partial charge in [0.1, 0.15) is 0 Å². The van der Waals surface area contributed by atoms with Gasteiger partial charge in [0.25, 0.3) is 5.56 Å². The maximum atomic E-state index is 14.1. The Morgan fingerprint density at radius 1 is 1.02 bits per heavy atom. The third-order valence-corrected chi connectivity index (χ3v) is 8.64. The number of anilines is 1. The first kappa shape index (κ1) is 27.2. The zero-order valence-electron chi connectivity index (χ0n) is 23.5. The molecular weight excluding hydrogens is 566 g/mol. The normalized spacial score (nSPS) is 17.9. The van der Waals surface area contributed by atoms with Crippen LogP contribution in [-0.4, -0.2) is 50.2 Å². The van der Waals surface area contributed by atoms with E-state index in [1.807, 2.05) is 60.7 Å². The molecule has 0 unspecified atom stereocenters. The van der Waals surface area contributed by atoms with Crippen LogP contribution in [0.4, 0.5) is 5.69 Å². The second-order valence-electron chi connectivity index (χ2n) is 10.2. The smallest absolute Gasteiger partial charge is 0.338 e. The molecule has 1 saturated heterocycles. The lowest BCUT2D eigenvalue weighted by atomic mass is 9.93. The summed E-state index contributed by atoms with van der Waals surface area (Å²) in [7, 11) is 0. The maximum Gasteiger partial charge on any atom is 0.338 e. The summed E-state index contributed by atoms with van der Waals surface area (Å²) in [6.07, 6.45) is 1.87. The summed E-state index contributed by atoms with van der Waals surface area (Å²) in [5, 5.41) is 0. The topological polar surface area (TPSA) is 91.6 Å². The van der Waals surface area contributed by atoms with Crippen molar-refractivity contribution in [2.24, 2.45) is 4.99 Å². The highest BCUT2D eigenvalue weighted by atomic mass is 32.1. The van der Waals surface area contributed by atoms with Gasteiger partial charge >= 0.3 is 5.97 Å². The number of carbonyl (C=O) groups is 1. The number of fused-ring (bicyclic) bond motifs is 2. The first-order valence-corrected chi connectivity index (χ1v) is 15.0. The van der Waals surface area contributed by atoms with Gasteiger partial charge in [-0.25, -0.2) is 9.79 Å². The van der Waals surface area contributed by atoms with Gasteiger partial charge in [-0.3, -0.25) is 9.36 Å². The maximum absolute atomic E-state index is 14.1. The molecule has 0 saturated carbocycles.